The zero-order valence-corrected chi connectivity index (χ0v) is 17.2. The molecule has 0 aromatic carbocycles. The smallest absolute Gasteiger partial charge is 0.351 e. The van der Waals surface area contributed by atoms with Gasteiger partial charge in [-0.05, 0) is 6.07 Å². The molecule has 2 saturated heterocycles. The van der Waals surface area contributed by atoms with Gasteiger partial charge in [-0.1, -0.05) is 0 Å². The summed E-state index contributed by atoms with van der Waals surface area (Å²) >= 11 is 0. The second-order valence-corrected chi connectivity index (χ2v) is 7.60. The normalized spacial score (nSPS) is 32.4. The van der Waals surface area contributed by atoms with Crippen LogP contribution in [0.3, 0.4) is 0 Å². The number of anilines is 1. The number of aliphatic imine (C=N–C) groups is 1. The Balaban J connectivity index is 0.000000181. The van der Waals surface area contributed by atoms with E-state index in [2.05, 4.69) is 9.98 Å². The first kappa shape index (κ1) is 24.0. The van der Waals surface area contributed by atoms with Gasteiger partial charge in [0.15, 0.2) is 0 Å². The Labute approximate surface area is 182 Å². The quantitative estimate of drug-likeness (QED) is 0.270. The van der Waals surface area contributed by atoms with Crippen LogP contribution in [-0.4, -0.2) is 97.1 Å². The number of nitrogens with two attached hydrogens (primary N) is 2. The van der Waals surface area contributed by atoms with Crippen molar-refractivity contribution in [3.8, 4) is 0 Å². The number of amides is 2. The second kappa shape index (κ2) is 10.3. The minimum absolute atomic E-state index is 0.138. The fourth-order valence-electron chi connectivity index (χ4n) is 3.61. The van der Waals surface area contributed by atoms with Crippen molar-refractivity contribution in [2.45, 2.75) is 56.1 Å². The van der Waals surface area contributed by atoms with Gasteiger partial charge in [-0.15, -0.1) is 0 Å². The van der Waals surface area contributed by atoms with Crippen LogP contribution in [0, 0.1) is 0 Å². The standard InChI is InChI=1S/C9H15N3O4.C9H13N3O4/c2*10-7-1-2-12(9(15)11-7)8-3-5(14)6(4-13)16-8/h5-6,8,13-14H,1-4H2,(H2,10,11,15);1-2,5-6,8,13-14H,3-4H2,(H2,10,11,15)/t2*5?,6-,8-/m11/s1. The van der Waals surface area contributed by atoms with Gasteiger partial charge in [-0.2, -0.15) is 9.98 Å². The molecule has 14 nitrogen and oxygen atoms in total. The molecular formula is C18H28N6O8. The summed E-state index contributed by atoms with van der Waals surface area (Å²) in [4.78, 5) is 31.6. The zero-order valence-electron chi connectivity index (χ0n) is 17.2. The third-order valence-corrected chi connectivity index (χ3v) is 5.37. The van der Waals surface area contributed by atoms with Crippen molar-refractivity contribution in [1.29, 1.82) is 0 Å². The van der Waals surface area contributed by atoms with Crippen molar-refractivity contribution < 1.29 is 34.7 Å². The average Bonchev–Trinajstić information content (AvgIpc) is 3.30. The van der Waals surface area contributed by atoms with Crippen LogP contribution in [0.15, 0.2) is 22.1 Å². The number of carbonyl (C=O) groups is 1. The molecule has 14 heteroatoms. The molecule has 3 aliphatic heterocycles. The lowest BCUT2D eigenvalue weighted by Crippen LogP contribution is -2.44. The molecule has 0 spiro atoms. The monoisotopic (exact) mass is 456 g/mol. The highest BCUT2D eigenvalue weighted by atomic mass is 16.5. The Hall–Kier alpha value is -2.62. The Morgan fingerprint density at radius 1 is 1.03 bits per heavy atom. The number of aliphatic hydroxyl groups excluding tert-OH is 4. The van der Waals surface area contributed by atoms with Gasteiger partial charge in [0.2, 0.25) is 0 Å². The van der Waals surface area contributed by atoms with Crippen molar-refractivity contribution in [1.82, 2.24) is 14.5 Å². The summed E-state index contributed by atoms with van der Waals surface area (Å²) in [7, 11) is 0. The van der Waals surface area contributed by atoms with Crippen LogP contribution >= 0.6 is 0 Å². The maximum absolute atomic E-state index is 11.5. The molecule has 0 aliphatic carbocycles. The number of urea groups is 1. The van der Waals surface area contributed by atoms with Crippen LogP contribution in [0.25, 0.3) is 0 Å². The van der Waals surface area contributed by atoms with Gasteiger partial charge < -0.3 is 41.4 Å². The number of rotatable bonds is 4. The van der Waals surface area contributed by atoms with Crippen LogP contribution in [0.4, 0.5) is 10.6 Å². The highest BCUT2D eigenvalue weighted by molar-refractivity contribution is 5.95. The van der Waals surface area contributed by atoms with Crippen LogP contribution in [0.5, 0.6) is 0 Å². The van der Waals surface area contributed by atoms with Crippen molar-refractivity contribution in [2.75, 3.05) is 25.5 Å². The lowest BCUT2D eigenvalue weighted by molar-refractivity contribution is -0.0631. The Kier molecular flexibility index (Phi) is 7.76. The average molecular weight is 456 g/mol. The minimum atomic E-state index is -0.778. The first-order valence-corrected chi connectivity index (χ1v) is 10.1. The molecule has 0 bridgehead atoms. The van der Waals surface area contributed by atoms with Gasteiger partial charge >= 0.3 is 11.7 Å². The molecule has 4 heterocycles. The van der Waals surface area contributed by atoms with Crippen molar-refractivity contribution >= 4 is 17.7 Å². The number of nitrogens with zero attached hydrogens (tertiary/aromatic N) is 4. The van der Waals surface area contributed by atoms with Gasteiger partial charge in [0, 0.05) is 32.0 Å². The van der Waals surface area contributed by atoms with Crippen LogP contribution in [-0.2, 0) is 9.47 Å². The van der Waals surface area contributed by atoms with Crippen LogP contribution in [0.1, 0.15) is 25.5 Å². The third kappa shape index (κ3) is 5.40. The van der Waals surface area contributed by atoms with Gasteiger partial charge in [0.05, 0.1) is 25.4 Å². The van der Waals surface area contributed by atoms with E-state index in [1.807, 2.05) is 0 Å². The van der Waals surface area contributed by atoms with E-state index in [-0.39, 0.29) is 25.5 Å². The summed E-state index contributed by atoms with van der Waals surface area (Å²) in [5.74, 6) is 0.456. The van der Waals surface area contributed by atoms with E-state index in [0.717, 1.165) is 0 Å². The van der Waals surface area contributed by atoms with Gasteiger partial charge in [0.1, 0.15) is 36.3 Å². The highest BCUT2D eigenvalue weighted by Crippen LogP contribution is 2.27. The van der Waals surface area contributed by atoms with Gasteiger partial charge in [0.25, 0.3) is 0 Å². The van der Waals surface area contributed by atoms with Crippen LogP contribution < -0.4 is 17.2 Å². The molecule has 0 radical (unpaired) electrons. The van der Waals surface area contributed by atoms with Crippen molar-refractivity contribution in [2.24, 2.45) is 10.7 Å². The molecule has 3 aliphatic rings. The van der Waals surface area contributed by atoms with E-state index >= 15 is 0 Å². The molecule has 2 amide bonds. The summed E-state index contributed by atoms with van der Waals surface area (Å²) in [6.07, 6.45) is -1.42. The molecule has 1 aromatic heterocycles. The Morgan fingerprint density at radius 3 is 2.16 bits per heavy atom. The summed E-state index contributed by atoms with van der Waals surface area (Å²) in [5, 5.41) is 36.9. The molecule has 6 atom stereocenters. The predicted molar refractivity (Wildman–Crippen MR) is 109 cm³/mol. The summed E-state index contributed by atoms with van der Waals surface area (Å²) < 4.78 is 11.9. The van der Waals surface area contributed by atoms with E-state index in [0.29, 0.717) is 25.2 Å². The summed E-state index contributed by atoms with van der Waals surface area (Å²) in [5.41, 5.74) is 10.3. The van der Waals surface area contributed by atoms with E-state index in [9.17, 15) is 19.8 Å². The number of ether oxygens (including phenoxy) is 2. The number of amidine groups is 1. The number of aliphatic hydroxyl groups is 4. The first-order chi connectivity index (χ1) is 15.2. The van der Waals surface area contributed by atoms with Crippen molar-refractivity contribution in [3.63, 3.8) is 0 Å². The molecular weight excluding hydrogens is 428 g/mol. The molecule has 8 N–H and O–H groups in total. The molecule has 32 heavy (non-hydrogen) atoms. The Bertz CT molecular complexity index is 894. The molecule has 2 fully saturated rings. The molecule has 0 saturated carbocycles. The van der Waals surface area contributed by atoms with Gasteiger partial charge in [-0.25, -0.2) is 9.59 Å². The third-order valence-electron chi connectivity index (χ3n) is 5.37. The largest absolute Gasteiger partial charge is 0.394 e. The summed E-state index contributed by atoms with van der Waals surface area (Å²) in [6.45, 7) is -0.108. The number of hydrogen-bond donors (Lipinski definition) is 6. The first-order valence-electron chi connectivity index (χ1n) is 10.1. The highest BCUT2D eigenvalue weighted by Gasteiger charge is 2.39. The minimum Gasteiger partial charge on any atom is -0.394 e. The van der Waals surface area contributed by atoms with Crippen molar-refractivity contribution in [3.05, 3.63) is 22.7 Å². The fourth-order valence-corrected chi connectivity index (χ4v) is 3.61. The molecule has 1 aromatic rings. The topological polar surface area (TPSA) is 219 Å². The fraction of sp³-hybridized carbons (Fsp3) is 0.667. The lowest BCUT2D eigenvalue weighted by Gasteiger charge is -2.29. The van der Waals surface area contributed by atoms with E-state index in [4.69, 9.17) is 31.2 Å². The zero-order chi connectivity index (χ0) is 23.4. The number of aromatic nitrogens is 2. The van der Waals surface area contributed by atoms with E-state index < -0.39 is 48.6 Å². The maximum Gasteiger partial charge on any atom is 0.351 e. The molecule has 178 valence electrons. The SMILES string of the molecule is NC1=NC(=O)N([C@H]2CC(O)[C@@H](CO)O2)CC1.Nc1ccn([C@H]2CC(O)[C@@H](CO)O2)c(=O)n1. The van der Waals surface area contributed by atoms with Crippen LogP contribution in [0.2, 0.25) is 0 Å². The number of hydrogen-bond acceptors (Lipinski definition) is 11. The molecule has 2 unspecified atom stereocenters. The lowest BCUT2D eigenvalue weighted by atomic mass is 10.2. The second-order valence-electron chi connectivity index (χ2n) is 7.60. The summed E-state index contributed by atoms with van der Waals surface area (Å²) in [6, 6.07) is 1.03. The van der Waals surface area contributed by atoms with Gasteiger partial charge in [-0.3, -0.25) is 9.47 Å². The number of carbonyl (C=O) groups excluding carboxylic acids is 1. The van der Waals surface area contributed by atoms with E-state index in [1.54, 1.807) is 0 Å². The predicted octanol–water partition coefficient (Wildman–Crippen LogP) is -2.90. The maximum atomic E-state index is 11.5. The van der Waals surface area contributed by atoms with E-state index in [1.165, 1.54) is 21.7 Å². The number of nitrogen functional groups attached to an aromatic ring is 1. The Morgan fingerprint density at radius 2 is 1.62 bits per heavy atom. The molecule has 4 rings (SSSR count).